The van der Waals surface area contributed by atoms with Crippen molar-refractivity contribution in [3.05, 3.63) is 71.4 Å². The highest BCUT2D eigenvalue weighted by Gasteiger charge is 2.15. The topological polar surface area (TPSA) is 64.4 Å². The monoisotopic (exact) mass is 354 g/mol. The maximum atomic E-state index is 13.9. The molecule has 0 aliphatic rings. The van der Waals surface area contributed by atoms with Crippen molar-refractivity contribution >= 4 is 5.91 Å². The quantitative estimate of drug-likeness (QED) is 0.732. The third kappa shape index (κ3) is 3.74. The molecule has 0 saturated heterocycles. The lowest BCUT2D eigenvalue weighted by Crippen LogP contribution is -2.26. The molecule has 3 aromatic rings. The normalized spacial score (nSPS) is 10.6. The molecule has 0 aliphatic carbocycles. The van der Waals surface area contributed by atoms with Crippen LogP contribution in [-0.2, 0) is 6.42 Å². The largest absolute Gasteiger partial charge is 0.496 e. The number of ether oxygens (including phenoxy) is 1. The van der Waals surface area contributed by atoms with Gasteiger partial charge in [0.05, 0.1) is 23.9 Å². The molecule has 1 N–H and O–H groups in total. The number of methoxy groups -OCH3 is 1. The Balaban J connectivity index is 1.66. The summed E-state index contributed by atoms with van der Waals surface area (Å²) in [7, 11) is 1.52. The van der Waals surface area contributed by atoms with E-state index in [0.29, 0.717) is 41.3 Å². The lowest BCUT2D eigenvalue weighted by atomic mass is 10.2. The number of carbonyl (C=O) groups excluding carboxylic acids is 1. The highest BCUT2D eigenvalue weighted by Crippen LogP contribution is 2.24. The third-order valence-corrected chi connectivity index (χ3v) is 4.00. The Morgan fingerprint density at radius 1 is 1.19 bits per heavy atom. The highest BCUT2D eigenvalue weighted by atomic mass is 19.1. The van der Waals surface area contributed by atoms with E-state index in [0.717, 1.165) is 0 Å². The van der Waals surface area contributed by atoms with Crippen molar-refractivity contribution in [2.45, 2.75) is 13.3 Å². The van der Waals surface area contributed by atoms with Crippen molar-refractivity contribution in [2.24, 2.45) is 0 Å². The molecular formula is C20H19FN2O3. The van der Waals surface area contributed by atoms with Gasteiger partial charge in [-0.3, -0.25) is 4.79 Å². The van der Waals surface area contributed by atoms with E-state index in [-0.39, 0.29) is 17.6 Å². The summed E-state index contributed by atoms with van der Waals surface area (Å²) < 4.78 is 24.6. The van der Waals surface area contributed by atoms with Gasteiger partial charge in [-0.15, -0.1) is 0 Å². The van der Waals surface area contributed by atoms with Crippen LogP contribution in [-0.4, -0.2) is 24.5 Å². The smallest absolute Gasteiger partial charge is 0.255 e. The first kappa shape index (κ1) is 17.7. The van der Waals surface area contributed by atoms with Crippen LogP contribution in [0, 0.1) is 12.7 Å². The van der Waals surface area contributed by atoms with Crippen molar-refractivity contribution in [3.63, 3.8) is 0 Å². The summed E-state index contributed by atoms with van der Waals surface area (Å²) in [5, 5.41) is 2.84. The summed E-state index contributed by atoms with van der Waals surface area (Å²) in [5.41, 5.74) is 1.47. The Hall–Kier alpha value is -3.15. The molecule has 1 amide bonds. The van der Waals surface area contributed by atoms with E-state index in [1.807, 2.05) is 0 Å². The standard InChI is InChI=1S/C20H19FN2O3/c1-13-17(23-20(26-13)14-7-3-5-9-16(14)21)11-12-22-19(24)15-8-4-6-10-18(15)25-2/h3-10H,11-12H2,1-2H3,(H,22,24). The number of rotatable bonds is 6. The average molecular weight is 354 g/mol. The second-order valence-electron chi connectivity index (χ2n) is 5.71. The Kier molecular flexibility index (Phi) is 5.31. The number of carbonyl (C=O) groups is 1. The van der Waals surface area contributed by atoms with Crippen molar-refractivity contribution < 1.29 is 18.3 Å². The number of hydrogen-bond acceptors (Lipinski definition) is 4. The van der Waals surface area contributed by atoms with E-state index < -0.39 is 0 Å². The minimum atomic E-state index is -0.384. The zero-order chi connectivity index (χ0) is 18.5. The van der Waals surface area contributed by atoms with Crippen LogP contribution in [0.2, 0.25) is 0 Å². The van der Waals surface area contributed by atoms with Gasteiger partial charge in [-0.25, -0.2) is 9.37 Å². The van der Waals surface area contributed by atoms with Crippen LogP contribution in [0.1, 0.15) is 21.8 Å². The van der Waals surface area contributed by atoms with Crippen LogP contribution < -0.4 is 10.1 Å². The van der Waals surface area contributed by atoms with Crippen LogP contribution in [0.15, 0.2) is 52.9 Å². The second-order valence-corrected chi connectivity index (χ2v) is 5.71. The summed E-state index contributed by atoms with van der Waals surface area (Å²) in [6, 6.07) is 13.3. The molecule has 0 aliphatic heterocycles. The number of halogens is 1. The molecule has 0 radical (unpaired) electrons. The predicted molar refractivity (Wildman–Crippen MR) is 95.7 cm³/mol. The fourth-order valence-electron chi connectivity index (χ4n) is 2.63. The molecule has 0 spiro atoms. The molecule has 134 valence electrons. The molecule has 0 atom stereocenters. The molecule has 6 heteroatoms. The number of aryl methyl sites for hydroxylation is 1. The summed E-state index contributed by atoms with van der Waals surface area (Å²) in [5.74, 6) is 0.758. The Morgan fingerprint density at radius 2 is 1.92 bits per heavy atom. The zero-order valence-corrected chi connectivity index (χ0v) is 14.6. The fraction of sp³-hybridized carbons (Fsp3) is 0.200. The first-order chi connectivity index (χ1) is 12.6. The molecule has 5 nitrogen and oxygen atoms in total. The number of benzene rings is 2. The maximum Gasteiger partial charge on any atom is 0.255 e. The van der Waals surface area contributed by atoms with E-state index >= 15 is 0 Å². The van der Waals surface area contributed by atoms with E-state index in [1.165, 1.54) is 13.2 Å². The van der Waals surface area contributed by atoms with Crippen molar-refractivity contribution in [2.75, 3.05) is 13.7 Å². The summed E-state index contributed by atoms with van der Waals surface area (Å²) in [6.07, 6.45) is 0.477. The van der Waals surface area contributed by atoms with Gasteiger partial charge in [0.25, 0.3) is 5.91 Å². The first-order valence-corrected chi connectivity index (χ1v) is 8.22. The van der Waals surface area contributed by atoms with E-state index in [4.69, 9.17) is 9.15 Å². The predicted octanol–water partition coefficient (Wildman–Crippen LogP) is 3.77. The Bertz CT molecular complexity index is 921. The molecule has 1 aromatic heterocycles. The van der Waals surface area contributed by atoms with Crippen LogP contribution >= 0.6 is 0 Å². The van der Waals surface area contributed by atoms with Crippen LogP contribution in [0.4, 0.5) is 4.39 Å². The summed E-state index contributed by atoms with van der Waals surface area (Å²) in [6.45, 7) is 2.15. The summed E-state index contributed by atoms with van der Waals surface area (Å²) >= 11 is 0. The first-order valence-electron chi connectivity index (χ1n) is 8.22. The minimum Gasteiger partial charge on any atom is -0.496 e. The molecule has 1 heterocycles. The van der Waals surface area contributed by atoms with E-state index in [2.05, 4.69) is 10.3 Å². The number of nitrogens with zero attached hydrogens (tertiary/aromatic N) is 1. The van der Waals surface area contributed by atoms with Crippen molar-refractivity contribution in [1.82, 2.24) is 10.3 Å². The van der Waals surface area contributed by atoms with Crippen LogP contribution in [0.5, 0.6) is 5.75 Å². The van der Waals surface area contributed by atoms with E-state index in [9.17, 15) is 9.18 Å². The van der Waals surface area contributed by atoms with Crippen molar-refractivity contribution in [3.8, 4) is 17.2 Å². The fourth-order valence-corrected chi connectivity index (χ4v) is 2.63. The number of aromatic nitrogens is 1. The SMILES string of the molecule is COc1ccccc1C(=O)NCCc1nc(-c2ccccc2F)oc1C. The lowest BCUT2D eigenvalue weighted by Gasteiger charge is -2.08. The number of para-hydroxylation sites is 1. The number of nitrogens with one attached hydrogen (secondary N) is 1. The zero-order valence-electron chi connectivity index (χ0n) is 14.6. The number of hydrogen-bond donors (Lipinski definition) is 1. The number of amides is 1. The molecular weight excluding hydrogens is 335 g/mol. The molecule has 2 aromatic carbocycles. The maximum absolute atomic E-state index is 13.9. The van der Waals surface area contributed by atoms with Gasteiger partial charge in [0, 0.05) is 13.0 Å². The molecule has 0 saturated carbocycles. The van der Waals surface area contributed by atoms with Gasteiger partial charge >= 0.3 is 0 Å². The van der Waals surface area contributed by atoms with Crippen LogP contribution in [0.25, 0.3) is 11.5 Å². The number of oxazole rings is 1. The Morgan fingerprint density at radius 3 is 2.69 bits per heavy atom. The average Bonchev–Trinajstić information content (AvgIpc) is 3.02. The molecule has 26 heavy (non-hydrogen) atoms. The van der Waals surface area contributed by atoms with Gasteiger partial charge in [0.1, 0.15) is 17.3 Å². The molecule has 3 rings (SSSR count). The van der Waals surface area contributed by atoms with Gasteiger partial charge in [0.15, 0.2) is 0 Å². The highest BCUT2D eigenvalue weighted by molar-refractivity contribution is 5.96. The summed E-state index contributed by atoms with van der Waals surface area (Å²) in [4.78, 5) is 16.6. The minimum absolute atomic E-state index is 0.224. The Labute approximate surface area is 150 Å². The van der Waals surface area contributed by atoms with Crippen LogP contribution in [0.3, 0.4) is 0 Å². The molecule has 0 bridgehead atoms. The van der Waals surface area contributed by atoms with Gasteiger partial charge < -0.3 is 14.5 Å². The van der Waals surface area contributed by atoms with Crippen molar-refractivity contribution in [1.29, 1.82) is 0 Å². The second kappa shape index (κ2) is 7.82. The molecule has 0 fully saturated rings. The molecule has 0 unspecified atom stereocenters. The lowest BCUT2D eigenvalue weighted by molar-refractivity contribution is 0.0951. The van der Waals surface area contributed by atoms with Gasteiger partial charge in [-0.05, 0) is 31.2 Å². The van der Waals surface area contributed by atoms with Gasteiger partial charge in [-0.1, -0.05) is 24.3 Å². The van der Waals surface area contributed by atoms with Gasteiger partial charge in [0.2, 0.25) is 5.89 Å². The third-order valence-electron chi connectivity index (χ3n) is 4.00. The van der Waals surface area contributed by atoms with Gasteiger partial charge in [-0.2, -0.15) is 0 Å². The van der Waals surface area contributed by atoms with E-state index in [1.54, 1.807) is 49.4 Å².